The van der Waals surface area contributed by atoms with Crippen molar-refractivity contribution < 1.29 is 14.5 Å². The van der Waals surface area contributed by atoms with Crippen LogP contribution in [0.25, 0.3) is 0 Å². The second-order valence-electron chi connectivity index (χ2n) is 4.72. The lowest BCUT2D eigenvalue weighted by atomic mass is 10.2. The van der Waals surface area contributed by atoms with Gasteiger partial charge in [0.1, 0.15) is 5.75 Å². The van der Waals surface area contributed by atoms with E-state index in [9.17, 15) is 14.9 Å². The number of carbonyl (C=O) groups excluding carboxylic acids is 1. The summed E-state index contributed by atoms with van der Waals surface area (Å²) in [6.45, 7) is 0. The zero-order valence-electron chi connectivity index (χ0n) is 13.1. The molecule has 0 aromatic heterocycles. The van der Waals surface area contributed by atoms with E-state index in [0.29, 0.717) is 10.6 Å². The number of amides is 1. The van der Waals surface area contributed by atoms with Crippen LogP contribution in [-0.4, -0.2) is 29.9 Å². The lowest BCUT2D eigenvalue weighted by Crippen LogP contribution is -2.19. The van der Waals surface area contributed by atoms with Crippen LogP contribution >= 0.6 is 23.4 Å². The molecular weight excluding hydrogens is 366 g/mol. The summed E-state index contributed by atoms with van der Waals surface area (Å²) in [5.74, 6) is 0.609. The summed E-state index contributed by atoms with van der Waals surface area (Å²) >= 11 is 7.29. The maximum atomic E-state index is 11.8. The molecule has 0 bridgehead atoms. The summed E-state index contributed by atoms with van der Waals surface area (Å²) in [4.78, 5) is 22.9. The van der Waals surface area contributed by atoms with Crippen LogP contribution in [0.4, 0.5) is 5.69 Å². The number of benzene rings is 2. The number of nitro benzene ring substituents is 1. The molecule has 0 saturated carbocycles. The molecule has 2 aromatic carbocycles. The molecule has 1 N–H and O–H groups in total. The number of halogens is 1. The summed E-state index contributed by atoms with van der Waals surface area (Å²) in [6.07, 6.45) is 1.27. The van der Waals surface area contributed by atoms with E-state index in [-0.39, 0.29) is 17.3 Å². The molecule has 2 rings (SSSR count). The second-order valence-corrected chi connectivity index (χ2v) is 6.18. The van der Waals surface area contributed by atoms with E-state index in [1.807, 2.05) is 24.3 Å². The Hall–Kier alpha value is -2.58. The fourth-order valence-electron chi connectivity index (χ4n) is 1.77. The Morgan fingerprint density at radius 3 is 2.72 bits per heavy atom. The molecule has 2 aromatic rings. The Morgan fingerprint density at radius 1 is 1.36 bits per heavy atom. The first-order valence-electron chi connectivity index (χ1n) is 7.02. The Balaban J connectivity index is 1.87. The van der Waals surface area contributed by atoms with Crippen molar-refractivity contribution in [3.8, 4) is 5.75 Å². The first-order valence-corrected chi connectivity index (χ1v) is 8.38. The highest BCUT2D eigenvalue weighted by atomic mass is 35.5. The monoisotopic (exact) mass is 379 g/mol. The normalized spacial score (nSPS) is 10.6. The molecule has 1 amide bonds. The van der Waals surface area contributed by atoms with E-state index in [1.165, 1.54) is 36.2 Å². The minimum atomic E-state index is -0.530. The average molecular weight is 380 g/mol. The molecule has 0 spiro atoms. The van der Waals surface area contributed by atoms with Crippen molar-refractivity contribution in [1.82, 2.24) is 5.43 Å². The highest BCUT2D eigenvalue weighted by Crippen LogP contribution is 2.21. The van der Waals surface area contributed by atoms with Gasteiger partial charge >= 0.3 is 0 Å². The van der Waals surface area contributed by atoms with E-state index in [2.05, 4.69) is 10.5 Å². The molecule has 0 heterocycles. The average Bonchev–Trinajstić information content (AvgIpc) is 2.61. The molecule has 0 saturated heterocycles. The van der Waals surface area contributed by atoms with Gasteiger partial charge in [-0.05, 0) is 30.3 Å². The third-order valence-electron chi connectivity index (χ3n) is 3.01. The highest BCUT2D eigenvalue weighted by molar-refractivity contribution is 8.00. The van der Waals surface area contributed by atoms with Crippen LogP contribution in [0.15, 0.2) is 52.5 Å². The molecule has 0 atom stereocenters. The first-order chi connectivity index (χ1) is 12.0. The van der Waals surface area contributed by atoms with Gasteiger partial charge in [0.05, 0.1) is 24.0 Å². The molecule has 0 fully saturated rings. The Labute approximate surface area is 153 Å². The van der Waals surface area contributed by atoms with Gasteiger partial charge in [0.25, 0.3) is 5.69 Å². The highest BCUT2D eigenvalue weighted by Gasteiger charge is 2.08. The second kappa shape index (κ2) is 9.05. The summed E-state index contributed by atoms with van der Waals surface area (Å²) in [5, 5.41) is 14.8. The van der Waals surface area contributed by atoms with Gasteiger partial charge in [-0.25, -0.2) is 5.43 Å². The smallest absolute Gasteiger partial charge is 0.270 e. The molecule has 9 heteroatoms. The summed E-state index contributed by atoms with van der Waals surface area (Å²) in [7, 11) is 1.58. The van der Waals surface area contributed by atoms with Gasteiger partial charge in [-0.1, -0.05) is 11.6 Å². The molecule has 0 aliphatic heterocycles. The summed E-state index contributed by atoms with van der Waals surface area (Å²) in [5.41, 5.74) is 2.60. The first kappa shape index (κ1) is 18.8. The van der Waals surface area contributed by atoms with Gasteiger partial charge < -0.3 is 4.74 Å². The van der Waals surface area contributed by atoms with Crippen LogP contribution in [0.2, 0.25) is 5.02 Å². The number of carbonyl (C=O) groups is 1. The van der Waals surface area contributed by atoms with Crippen molar-refractivity contribution in [3.05, 3.63) is 63.2 Å². The minimum absolute atomic E-state index is 0.104. The molecule has 130 valence electrons. The minimum Gasteiger partial charge on any atom is -0.497 e. The number of hydrazone groups is 1. The quantitative estimate of drug-likeness (QED) is 0.344. The molecule has 0 unspecified atom stereocenters. The third-order valence-corrected chi connectivity index (χ3v) is 4.37. The zero-order valence-corrected chi connectivity index (χ0v) is 14.7. The van der Waals surface area contributed by atoms with E-state index in [0.717, 1.165) is 10.6 Å². The van der Waals surface area contributed by atoms with Gasteiger partial charge in [-0.2, -0.15) is 5.10 Å². The third kappa shape index (κ3) is 5.77. The lowest BCUT2D eigenvalue weighted by Gasteiger charge is -2.03. The van der Waals surface area contributed by atoms with Gasteiger partial charge in [-0.3, -0.25) is 14.9 Å². The maximum Gasteiger partial charge on any atom is 0.270 e. The van der Waals surface area contributed by atoms with Crippen LogP contribution in [0.3, 0.4) is 0 Å². The van der Waals surface area contributed by atoms with E-state index >= 15 is 0 Å². The maximum absolute atomic E-state index is 11.8. The Kier molecular flexibility index (Phi) is 6.79. The predicted molar refractivity (Wildman–Crippen MR) is 97.6 cm³/mol. The number of hydrogen-bond acceptors (Lipinski definition) is 6. The van der Waals surface area contributed by atoms with Crippen LogP contribution in [0.1, 0.15) is 5.56 Å². The fourth-order valence-corrected chi connectivity index (χ4v) is 2.63. The van der Waals surface area contributed by atoms with E-state index in [1.54, 1.807) is 7.11 Å². The number of rotatable bonds is 7. The van der Waals surface area contributed by atoms with E-state index in [4.69, 9.17) is 16.3 Å². The molecular formula is C16H14ClN3O4S. The van der Waals surface area contributed by atoms with Crippen molar-refractivity contribution in [2.45, 2.75) is 4.90 Å². The SMILES string of the molecule is COc1ccc(SCC(=O)NN=Cc2cc([N+](=O)[O-])ccc2Cl)cc1. The molecule has 25 heavy (non-hydrogen) atoms. The largest absolute Gasteiger partial charge is 0.497 e. The Morgan fingerprint density at radius 2 is 2.08 bits per heavy atom. The number of hydrogen-bond donors (Lipinski definition) is 1. The number of non-ortho nitro benzene ring substituents is 1. The standard InChI is InChI=1S/C16H14ClN3O4S/c1-24-13-3-5-14(6-4-13)25-10-16(21)19-18-9-11-8-12(20(22)23)2-7-15(11)17/h2-9H,10H2,1H3,(H,19,21). The van der Waals surface area contributed by atoms with Crippen LogP contribution in [0, 0.1) is 10.1 Å². The van der Waals surface area contributed by atoms with Gasteiger partial charge in [0.2, 0.25) is 5.91 Å². The number of thioether (sulfide) groups is 1. The number of nitrogens with zero attached hydrogens (tertiary/aromatic N) is 2. The molecule has 0 aliphatic carbocycles. The number of nitro groups is 1. The van der Waals surface area contributed by atoms with Crippen LogP contribution in [0.5, 0.6) is 5.75 Å². The van der Waals surface area contributed by atoms with Crippen molar-refractivity contribution in [2.24, 2.45) is 5.10 Å². The number of nitrogens with one attached hydrogen (secondary N) is 1. The van der Waals surface area contributed by atoms with Gasteiger partial charge in [0, 0.05) is 27.6 Å². The van der Waals surface area contributed by atoms with Crippen molar-refractivity contribution in [2.75, 3.05) is 12.9 Å². The van der Waals surface area contributed by atoms with Crippen molar-refractivity contribution >= 4 is 41.2 Å². The topological polar surface area (TPSA) is 93.8 Å². The Bertz CT molecular complexity index is 796. The fraction of sp³-hybridized carbons (Fsp3) is 0.125. The number of ether oxygens (including phenoxy) is 1. The zero-order chi connectivity index (χ0) is 18.2. The van der Waals surface area contributed by atoms with E-state index < -0.39 is 4.92 Å². The summed E-state index contributed by atoms with van der Waals surface area (Å²) in [6, 6.07) is 11.3. The van der Waals surface area contributed by atoms with Gasteiger partial charge in [-0.15, -0.1) is 11.8 Å². The molecule has 0 aliphatic rings. The van der Waals surface area contributed by atoms with Crippen molar-refractivity contribution in [1.29, 1.82) is 0 Å². The van der Waals surface area contributed by atoms with Crippen molar-refractivity contribution in [3.63, 3.8) is 0 Å². The lowest BCUT2D eigenvalue weighted by molar-refractivity contribution is -0.384. The van der Waals surface area contributed by atoms with Crippen LogP contribution in [-0.2, 0) is 4.79 Å². The molecule has 7 nitrogen and oxygen atoms in total. The molecule has 0 radical (unpaired) electrons. The van der Waals surface area contributed by atoms with Gasteiger partial charge in [0.15, 0.2) is 0 Å². The summed E-state index contributed by atoms with van der Waals surface area (Å²) < 4.78 is 5.06. The number of methoxy groups -OCH3 is 1. The van der Waals surface area contributed by atoms with Crippen LogP contribution < -0.4 is 10.2 Å². The predicted octanol–water partition coefficient (Wildman–Crippen LogP) is 3.50.